The number of hydrogen-bond acceptors (Lipinski definition) is 7. The molecule has 0 fully saturated rings. The highest BCUT2D eigenvalue weighted by Crippen LogP contribution is 2.43. The summed E-state index contributed by atoms with van der Waals surface area (Å²) in [5.74, 6) is -0.805. The lowest BCUT2D eigenvalue weighted by atomic mass is 10.0. The molecule has 0 amide bonds. The average Bonchev–Trinajstić information content (AvgIpc) is 3.38. The van der Waals surface area contributed by atoms with E-state index in [0.717, 1.165) is 96.3 Å². The topological polar surface area (TPSA) is 108 Å². The van der Waals surface area contributed by atoms with Crippen molar-refractivity contribution < 1.29 is 42.1 Å². The van der Waals surface area contributed by atoms with E-state index in [1.54, 1.807) is 0 Å². The van der Waals surface area contributed by atoms with E-state index in [1.807, 2.05) is 21.1 Å². The van der Waals surface area contributed by atoms with Gasteiger partial charge in [-0.05, 0) is 89.9 Å². The number of phosphoric ester groups is 1. The monoisotopic (exact) mass is 1080 g/mol. The summed E-state index contributed by atoms with van der Waals surface area (Å²) in [5, 5.41) is 0. The van der Waals surface area contributed by atoms with Gasteiger partial charge in [-0.3, -0.25) is 18.6 Å². The second kappa shape index (κ2) is 56.6. The highest BCUT2D eigenvalue weighted by Gasteiger charge is 2.27. The van der Waals surface area contributed by atoms with Gasteiger partial charge in [0.2, 0.25) is 0 Å². The molecule has 9 nitrogen and oxygen atoms in total. The maximum Gasteiger partial charge on any atom is 0.472 e. The number of likely N-dealkylation sites (N-methyl/N-ethyl adjacent to an activating group) is 1. The van der Waals surface area contributed by atoms with E-state index in [-0.39, 0.29) is 32.0 Å². The van der Waals surface area contributed by atoms with E-state index in [1.165, 1.54) is 128 Å². The zero-order chi connectivity index (χ0) is 55.6. The minimum atomic E-state index is -4.39. The van der Waals surface area contributed by atoms with Crippen molar-refractivity contribution in [1.29, 1.82) is 0 Å². The first-order valence-corrected chi connectivity index (χ1v) is 32.5. The van der Waals surface area contributed by atoms with Gasteiger partial charge in [0.05, 0.1) is 27.7 Å². The lowest BCUT2D eigenvalue weighted by Gasteiger charge is -2.24. The molecule has 0 rings (SSSR count). The predicted octanol–water partition coefficient (Wildman–Crippen LogP) is 19.6. The van der Waals surface area contributed by atoms with Crippen molar-refractivity contribution in [2.45, 2.75) is 264 Å². The molecule has 1 N–H and O–H groups in total. The maximum atomic E-state index is 12.8. The summed E-state index contributed by atoms with van der Waals surface area (Å²) < 4.78 is 34.6. The molecule has 0 saturated carbocycles. The molecular formula is C66H117NO8P+. The Morgan fingerprint density at radius 3 is 1.05 bits per heavy atom. The SMILES string of the molecule is CC/C=C\C/C=C\C/C=C\C/C=C\C/C=C\CCCCCCCCCCCCCCCCCCCCCC(=O)OC(COC(=O)CCCCCCCCC/C=C\C/C=C\C/C=C\CC)COP(=O)(O)OCC[N+](C)(C)C. The number of quaternary nitrogens is 1. The molecule has 0 aliphatic carbocycles. The molecule has 0 heterocycles. The van der Waals surface area contributed by atoms with Crippen LogP contribution in [0, 0.1) is 0 Å². The van der Waals surface area contributed by atoms with Crippen LogP contribution in [-0.4, -0.2) is 74.9 Å². The molecule has 2 unspecified atom stereocenters. The van der Waals surface area contributed by atoms with E-state index in [9.17, 15) is 19.0 Å². The lowest BCUT2D eigenvalue weighted by molar-refractivity contribution is -0.870. The van der Waals surface area contributed by atoms with E-state index < -0.39 is 26.5 Å². The van der Waals surface area contributed by atoms with Crippen LogP contribution in [0.2, 0.25) is 0 Å². The molecule has 0 aromatic carbocycles. The summed E-state index contributed by atoms with van der Waals surface area (Å²) >= 11 is 0. The summed E-state index contributed by atoms with van der Waals surface area (Å²) in [5.41, 5.74) is 0. The number of allylic oxidation sites excluding steroid dienone is 16. The Morgan fingerprint density at radius 1 is 0.408 bits per heavy atom. The van der Waals surface area contributed by atoms with Gasteiger partial charge in [0.25, 0.3) is 0 Å². The molecule has 0 aliphatic rings. The van der Waals surface area contributed by atoms with Crippen molar-refractivity contribution in [2.24, 2.45) is 0 Å². The summed E-state index contributed by atoms with van der Waals surface area (Å²) in [6.45, 7) is 4.21. The van der Waals surface area contributed by atoms with Gasteiger partial charge in [-0.15, -0.1) is 0 Å². The second-order valence-corrected chi connectivity index (χ2v) is 23.1. The van der Waals surface area contributed by atoms with Gasteiger partial charge in [-0.2, -0.15) is 0 Å². The van der Waals surface area contributed by atoms with E-state index in [4.69, 9.17) is 18.5 Å². The molecule has 0 radical (unpaired) electrons. The third-order valence-corrected chi connectivity index (χ3v) is 14.1. The van der Waals surface area contributed by atoms with E-state index in [0.29, 0.717) is 17.4 Å². The minimum absolute atomic E-state index is 0.0275. The molecule has 0 spiro atoms. The number of rotatable bonds is 56. The predicted molar refractivity (Wildman–Crippen MR) is 325 cm³/mol. The Morgan fingerprint density at radius 2 is 0.711 bits per heavy atom. The van der Waals surface area contributed by atoms with Crippen LogP contribution in [0.3, 0.4) is 0 Å². The molecule has 76 heavy (non-hydrogen) atoms. The van der Waals surface area contributed by atoms with Crippen LogP contribution in [0.5, 0.6) is 0 Å². The minimum Gasteiger partial charge on any atom is -0.462 e. The highest BCUT2D eigenvalue weighted by atomic mass is 31.2. The number of hydrogen-bond donors (Lipinski definition) is 1. The number of esters is 2. The molecule has 0 saturated heterocycles. The van der Waals surface area contributed by atoms with Crippen molar-refractivity contribution in [3.63, 3.8) is 0 Å². The molecular weight excluding hydrogens is 966 g/mol. The Labute approximate surface area is 468 Å². The molecule has 2 atom stereocenters. The number of carbonyl (C=O) groups is 2. The van der Waals surface area contributed by atoms with Gasteiger partial charge in [-0.25, -0.2) is 4.57 Å². The van der Waals surface area contributed by atoms with E-state index >= 15 is 0 Å². The zero-order valence-electron chi connectivity index (χ0n) is 49.7. The second-order valence-electron chi connectivity index (χ2n) is 21.7. The maximum absolute atomic E-state index is 12.8. The fourth-order valence-electron chi connectivity index (χ4n) is 8.41. The summed E-state index contributed by atoms with van der Waals surface area (Å²) in [6.07, 6.45) is 77.8. The summed E-state index contributed by atoms with van der Waals surface area (Å²) in [4.78, 5) is 35.7. The fourth-order valence-corrected chi connectivity index (χ4v) is 9.15. The molecule has 0 bridgehead atoms. The molecule has 0 aromatic rings. The van der Waals surface area contributed by atoms with Crippen molar-refractivity contribution in [1.82, 2.24) is 0 Å². The average molecular weight is 1080 g/mol. The van der Waals surface area contributed by atoms with Gasteiger partial charge >= 0.3 is 19.8 Å². The Bertz CT molecular complexity index is 1600. The zero-order valence-corrected chi connectivity index (χ0v) is 50.6. The molecule has 438 valence electrons. The molecule has 10 heteroatoms. The van der Waals surface area contributed by atoms with Gasteiger partial charge in [0.1, 0.15) is 19.8 Å². The number of nitrogens with zero attached hydrogens (tertiary/aromatic N) is 1. The highest BCUT2D eigenvalue weighted by molar-refractivity contribution is 7.47. The summed E-state index contributed by atoms with van der Waals surface area (Å²) in [6, 6.07) is 0. The first-order chi connectivity index (χ1) is 37.0. The van der Waals surface area contributed by atoms with Crippen molar-refractivity contribution in [2.75, 3.05) is 47.5 Å². The van der Waals surface area contributed by atoms with Crippen LogP contribution in [0.1, 0.15) is 258 Å². The third kappa shape index (κ3) is 60.2. The Balaban J connectivity index is 4.03. The standard InChI is InChI=1S/C66H116NO8P/c1-6-8-10-12-14-16-18-20-22-24-25-26-27-28-29-30-31-32-33-34-35-36-37-38-39-40-41-43-45-47-49-51-53-55-57-59-66(69)75-64(63-74-76(70,71)73-61-60-67(3,4)5)62-72-65(68)58-56-54-52-50-48-46-44-42-23-21-19-17-15-13-11-9-7-2/h8-11,14-17,20-23,25-26,28-29,64H,6-7,12-13,18-19,24,27,30-63H2,1-5H3/p+1/b10-8-,11-9-,16-14-,17-15-,22-20-,23-21-,26-25-,29-28-. The first kappa shape index (κ1) is 72.9. The van der Waals surface area contributed by atoms with Crippen molar-refractivity contribution in [3.05, 3.63) is 97.2 Å². The lowest BCUT2D eigenvalue weighted by Crippen LogP contribution is -2.37. The van der Waals surface area contributed by atoms with Crippen LogP contribution in [-0.2, 0) is 32.7 Å². The number of carbonyl (C=O) groups excluding carboxylic acids is 2. The van der Waals surface area contributed by atoms with Crippen LogP contribution in [0.25, 0.3) is 0 Å². The fraction of sp³-hybridized carbons (Fsp3) is 0.727. The van der Waals surface area contributed by atoms with Crippen molar-refractivity contribution >= 4 is 19.8 Å². The van der Waals surface area contributed by atoms with Gasteiger partial charge < -0.3 is 18.9 Å². The van der Waals surface area contributed by atoms with Crippen LogP contribution in [0.4, 0.5) is 0 Å². The van der Waals surface area contributed by atoms with E-state index in [2.05, 4.69) is 111 Å². The smallest absolute Gasteiger partial charge is 0.462 e. The molecule has 0 aliphatic heterocycles. The number of unbranched alkanes of at least 4 members (excludes halogenated alkanes) is 26. The first-order valence-electron chi connectivity index (χ1n) is 31.0. The van der Waals surface area contributed by atoms with Crippen LogP contribution in [0.15, 0.2) is 97.2 Å². The van der Waals surface area contributed by atoms with Crippen LogP contribution >= 0.6 is 7.82 Å². The Hall–Kier alpha value is -3.07. The van der Waals surface area contributed by atoms with Crippen LogP contribution < -0.4 is 0 Å². The quantitative estimate of drug-likeness (QED) is 0.0211. The van der Waals surface area contributed by atoms with Gasteiger partial charge in [0, 0.05) is 12.8 Å². The summed E-state index contributed by atoms with van der Waals surface area (Å²) in [7, 11) is 1.47. The Kier molecular flexibility index (Phi) is 54.4. The number of phosphoric acid groups is 1. The third-order valence-electron chi connectivity index (χ3n) is 13.1. The van der Waals surface area contributed by atoms with Gasteiger partial charge in [0.15, 0.2) is 6.10 Å². The van der Waals surface area contributed by atoms with Gasteiger partial charge in [-0.1, -0.05) is 252 Å². The largest absolute Gasteiger partial charge is 0.472 e. The molecule has 0 aromatic heterocycles. The normalized spacial score (nSPS) is 13.9. The van der Waals surface area contributed by atoms with Crippen molar-refractivity contribution in [3.8, 4) is 0 Å². The number of ether oxygens (including phenoxy) is 2.